The van der Waals surface area contributed by atoms with Crippen molar-refractivity contribution in [2.24, 2.45) is 11.8 Å². The van der Waals surface area contributed by atoms with Crippen molar-refractivity contribution in [3.63, 3.8) is 0 Å². The molecule has 2 aromatic rings. The van der Waals surface area contributed by atoms with Crippen LogP contribution in [0, 0.1) is 18.8 Å². The third kappa shape index (κ3) is 5.57. The molecule has 0 spiro atoms. The number of hydrogen-bond donors (Lipinski definition) is 2. The minimum absolute atomic E-state index is 0.0171. The molecule has 2 aromatic carbocycles. The Morgan fingerprint density at radius 3 is 2.07 bits per heavy atom. The average molecular weight is 389 g/mol. The third-order valence-corrected chi connectivity index (χ3v) is 5.82. The fourth-order valence-corrected chi connectivity index (χ4v) is 4.08. The first-order valence-electron chi connectivity index (χ1n) is 9.10. The van der Waals surface area contributed by atoms with Crippen LogP contribution in [0.2, 0.25) is 0 Å². The Labute approximate surface area is 162 Å². The molecule has 0 aliphatic heterocycles. The SMILES string of the molecule is Cc1ccc(NS(=O)(=O)c2cccc(C(=O)NC(C(C)C)C(C)C)c2)cc1. The van der Waals surface area contributed by atoms with Crippen molar-refractivity contribution in [3.05, 3.63) is 59.7 Å². The summed E-state index contributed by atoms with van der Waals surface area (Å²) in [7, 11) is -3.77. The zero-order chi connectivity index (χ0) is 20.2. The van der Waals surface area contributed by atoms with Gasteiger partial charge in [-0.25, -0.2) is 8.42 Å². The maximum absolute atomic E-state index is 12.7. The highest BCUT2D eigenvalue weighted by Crippen LogP contribution is 2.19. The van der Waals surface area contributed by atoms with E-state index in [1.807, 2.05) is 19.1 Å². The molecule has 146 valence electrons. The summed E-state index contributed by atoms with van der Waals surface area (Å²) < 4.78 is 27.9. The number of rotatable bonds is 7. The second kappa shape index (κ2) is 8.57. The van der Waals surface area contributed by atoms with Gasteiger partial charge in [0.15, 0.2) is 0 Å². The Kier molecular flexibility index (Phi) is 6.65. The number of hydrogen-bond acceptors (Lipinski definition) is 3. The van der Waals surface area contributed by atoms with Gasteiger partial charge in [-0.2, -0.15) is 0 Å². The highest BCUT2D eigenvalue weighted by molar-refractivity contribution is 7.92. The number of carbonyl (C=O) groups excluding carboxylic acids is 1. The van der Waals surface area contributed by atoms with E-state index in [0.717, 1.165) is 5.56 Å². The quantitative estimate of drug-likeness (QED) is 0.746. The standard InChI is InChI=1S/C21H28N2O3S/c1-14(2)20(15(3)4)22-21(24)17-7-6-8-19(13-17)27(25,26)23-18-11-9-16(5)10-12-18/h6-15,20,23H,1-5H3,(H,22,24). The second-order valence-electron chi connectivity index (χ2n) is 7.49. The number of aryl methyl sites for hydroxylation is 1. The first-order valence-corrected chi connectivity index (χ1v) is 10.6. The molecular weight excluding hydrogens is 360 g/mol. The van der Waals surface area contributed by atoms with Crippen molar-refractivity contribution >= 4 is 21.6 Å². The summed E-state index contributed by atoms with van der Waals surface area (Å²) in [6.45, 7) is 10.1. The Morgan fingerprint density at radius 1 is 0.926 bits per heavy atom. The van der Waals surface area contributed by atoms with Gasteiger partial charge in [0.2, 0.25) is 0 Å². The van der Waals surface area contributed by atoms with Gasteiger partial charge in [0, 0.05) is 17.3 Å². The normalized spacial score (nSPS) is 11.9. The third-order valence-electron chi connectivity index (χ3n) is 4.44. The molecule has 0 saturated carbocycles. The lowest BCUT2D eigenvalue weighted by Crippen LogP contribution is -2.42. The summed E-state index contributed by atoms with van der Waals surface area (Å²) in [4.78, 5) is 12.7. The predicted octanol–water partition coefficient (Wildman–Crippen LogP) is 4.21. The molecule has 0 saturated heterocycles. The lowest BCUT2D eigenvalue weighted by atomic mass is 9.93. The molecule has 0 bridgehead atoms. The van der Waals surface area contributed by atoms with Gasteiger partial charge in [0.05, 0.1) is 4.90 Å². The summed E-state index contributed by atoms with van der Waals surface area (Å²) in [5, 5.41) is 3.01. The molecule has 5 nitrogen and oxygen atoms in total. The lowest BCUT2D eigenvalue weighted by molar-refractivity contribution is 0.0910. The van der Waals surface area contributed by atoms with E-state index >= 15 is 0 Å². The summed E-state index contributed by atoms with van der Waals surface area (Å²) >= 11 is 0. The molecule has 0 unspecified atom stereocenters. The van der Waals surface area contributed by atoms with Gasteiger partial charge in [0.25, 0.3) is 15.9 Å². The molecule has 6 heteroatoms. The number of nitrogens with one attached hydrogen (secondary N) is 2. The highest BCUT2D eigenvalue weighted by Gasteiger charge is 2.22. The minimum Gasteiger partial charge on any atom is -0.349 e. The average Bonchev–Trinajstić information content (AvgIpc) is 2.60. The fraction of sp³-hybridized carbons (Fsp3) is 0.381. The van der Waals surface area contributed by atoms with Crippen molar-refractivity contribution < 1.29 is 13.2 Å². The zero-order valence-corrected chi connectivity index (χ0v) is 17.3. The Morgan fingerprint density at radius 2 is 1.52 bits per heavy atom. The molecule has 0 aliphatic carbocycles. The maximum atomic E-state index is 12.7. The minimum atomic E-state index is -3.77. The van der Waals surface area contributed by atoms with Crippen LogP contribution in [0.4, 0.5) is 5.69 Å². The van der Waals surface area contributed by atoms with Gasteiger partial charge in [-0.15, -0.1) is 0 Å². The smallest absolute Gasteiger partial charge is 0.261 e. The Balaban J connectivity index is 2.22. The number of amides is 1. The number of sulfonamides is 1. The van der Waals surface area contributed by atoms with Crippen molar-refractivity contribution in [2.45, 2.75) is 45.6 Å². The largest absolute Gasteiger partial charge is 0.349 e. The number of benzene rings is 2. The van der Waals surface area contributed by atoms with Crippen LogP contribution in [0.15, 0.2) is 53.4 Å². The predicted molar refractivity (Wildman–Crippen MR) is 109 cm³/mol. The van der Waals surface area contributed by atoms with Gasteiger partial charge in [-0.1, -0.05) is 51.5 Å². The molecular formula is C21H28N2O3S. The molecule has 2 rings (SSSR count). The molecule has 1 amide bonds. The summed E-state index contributed by atoms with van der Waals surface area (Å²) in [6, 6.07) is 13.2. The van der Waals surface area contributed by atoms with E-state index in [2.05, 4.69) is 37.7 Å². The van der Waals surface area contributed by atoms with Crippen LogP contribution in [0.3, 0.4) is 0 Å². The summed E-state index contributed by atoms with van der Waals surface area (Å²) in [5.41, 5.74) is 1.85. The monoisotopic (exact) mass is 388 g/mol. The van der Waals surface area contributed by atoms with Crippen LogP contribution in [-0.4, -0.2) is 20.4 Å². The van der Waals surface area contributed by atoms with Gasteiger partial charge in [-0.3, -0.25) is 9.52 Å². The van der Waals surface area contributed by atoms with E-state index in [9.17, 15) is 13.2 Å². The lowest BCUT2D eigenvalue weighted by Gasteiger charge is -2.26. The van der Waals surface area contributed by atoms with Crippen molar-refractivity contribution in [3.8, 4) is 0 Å². The van der Waals surface area contributed by atoms with E-state index in [4.69, 9.17) is 0 Å². The molecule has 0 radical (unpaired) electrons. The number of anilines is 1. The van der Waals surface area contributed by atoms with Crippen molar-refractivity contribution in [2.75, 3.05) is 4.72 Å². The molecule has 0 aromatic heterocycles. The molecule has 0 aliphatic rings. The Hall–Kier alpha value is -2.34. The van der Waals surface area contributed by atoms with Crippen LogP contribution < -0.4 is 10.0 Å². The summed E-state index contributed by atoms with van der Waals surface area (Å²) in [5.74, 6) is 0.294. The van der Waals surface area contributed by atoms with Crippen LogP contribution in [0.25, 0.3) is 0 Å². The van der Waals surface area contributed by atoms with Crippen LogP contribution in [0.5, 0.6) is 0 Å². The Bertz CT molecular complexity index is 880. The molecule has 27 heavy (non-hydrogen) atoms. The number of carbonyl (C=O) groups is 1. The van der Waals surface area contributed by atoms with Gasteiger partial charge >= 0.3 is 0 Å². The molecule has 0 heterocycles. The van der Waals surface area contributed by atoms with Gasteiger partial charge < -0.3 is 5.32 Å². The maximum Gasteiger partial charge on any atom is 0.261 e. The second-order valence-corrected chi connectivity index (χ2v) is 9.17. The van der Waals surface area contributed by atoms with Crippen LogP contribution in [0.1, 0.15) is 43.6 Å². The van der Waals surface area contributed by atoms with E-state index < -0.39 is 10.0 Å². The van der Waals surface area contributed by atoms with Crippen molar-refractivity contribution in [1.82, 2.24) is 5.32 Å². The highest BCUT2D eigenvalue weighted by atomic mass is 32.2. The first kappa shape index (κ1) is 21.0. The molecule has 0 fully saturated rings. The topological polar surface area (TPSA) is 75.3 Å². The first-order chi connectivity index (χ1) is 12.6. The van der Waals surface area contributed by atoms with E-state index in [1.54, 1.807) is 24.3 Å². The van der Waals surface area contributed by atoms with Crippen LogP contribution in [-0.2, 0) is 10.0 Å². The fourth-order valence-electron chi connectivity index (χ4n) is 2.98. The van der Waals surface area contributed by atoms with Gasteiger partial charge in [-0.05, 0) is 49.1 Å². The molecule has 0 atom stereocenters. The zero-order valence-electron chi connectivity index (χ0n) is 16.5. The van der Waals surface area contributed by atoms with E-state index in [1.165, 1.54) is 12.1 Å². The van der Waals surface area contributed by atoms with Crippen molar-refractivity contribution in [1.29, 1.82) is 0 Å². The van der Waals surface area contributed by atoms with E-state index in [-0.39, 0.29) is 28.7 Å². The molecule has 2 N–H and O–H groups in total. The van der Waals surface area contributed by atoms with Gasteiger partial charge in [0.1, 0.15) is 0 Å². The summed E-state index contributed by atoms with van der Waals surface area (Å²) in [6.07, 6.45) is 0. The van der Waals surface area contributed by atoms with E-state index in [0.29, 0.717) is 11.3 Å². The van der Waals surface area contributed by atoms with Crippen LogP contribution >= 0.6 is 0 Å².